The van der Waals surface area contributed by atoms with Gasteiger partial charge in [-0.3, -0.25) is 0 Å². The van der Waals surface area contributed by atoms with Crippen LogP contribution in [0.1, 0.15) is 43.8 Å². The van der Waals surface area contributed by atoms with Gasteiger partial charge in [0.1, 0.15) is 23.1 Å². The topological polar surface area (TPSA) is 80.2 Å². The highest BCUT2D eigenvalue weighted by molar-refractivity contribution is 9.10. The van der Waals surface area contributed by atoms with Crippen molar-refractivity contribution < 1.29 is 23.0 Å². The Labute approximate surface area is 186 Å². The molecule has 2 N–H and O–H groups in total. The summed E-state index contributed by atoms with van der Waals surface area (Å²) in [7, 11) is 1.48. The lowest BCUT2D eigenvalue weighted by molar-refractivity contribution is -0.170. The summed E-state index contributed by atoms with van der Waals surface area (Å²) in [6, 6.07) is 4.70. The standard InChI is InChI=1S/C21H22BrF3N4O2/c1-10(12-7-6-8-14(16(12)23)21(24,25)20(3,4)30)26-17-13-9-15(22)19(31-5)29-18(13)28-11(2)27-17/h6-10,30H,1-5H3,(H,26,27,28,29). The fourth-order valence-corrected chi connectivity index (χ4v) is 3.59. The van der Waals surface area contributed by atoms with Crippen LogP contribution >= 0.6 is 15.9 Å². The Bertz CT molecular complexity index is 1140. The second kappa shape index (κ2) is 8.23. The Hall–Kier alpha value is -2.46. The van der Waals surface area contributed by atoms with Crippen LogP contribution in [-0.4, -0.2) is 32.8 Å². The molecule has 2 heterocycles. The number of fused-ring (bicyclic) bond motifs is 1. The van der Waals surface area contributed by atoms with E-state index in [9.17, 15) is 13.9 Å². The molecule has 0 bridgehead atoms. The van der Waals surface area contributed by atoms with Crippen molar-refractivity contribution in [2.24, 2.45) is 0 Å². The number of hydrogen-bond acceptors (Lipinski definition) is 6. The van der Waals surface area contributed by atoms with Crippen LogP contribution in [0.3, 0.4) is 0 Å². The monoisotopic (exact) mass is 498 g/mol. The molecule has 0 amide bonds. The number of ether oxygens (including phenoxy) is 1. The number of anilines is 1. The molecule has 0 spiro atoms. The Morgan fingerprint density at radius 3 is 2.48 bits per heavy atom. The molecule has 1 aromatic carbocycles. The van der Waals surface area contributed by atoms with Gasteiger partial charge in [0.25, 0.3) is 0 Å². The van der Waals surface area contributed by atoms with E-state index in [1.54, 1.807) is 19.9 Å². The number of nitrogens with one attached hydrogen (secondary N) is 1. The van der Waals surface area contributed by atoms with Crippen molar-refractivity contribution in [1.29, 1.82) is 0 Å². The number of aromatic nitrogens is 3. The minimum atomic E-state index is -3.78. The zero-order valence-electron chi connectivity index (χ0n) is 17.6. The average molecular weight is 499 g/mol. The van der Waals surface area contributed by atoms with E-state index in [-0.39, 0.29) is 5.56 Å². The molecule has 6 nitrogen and oxygen atoms in total. The van der Waals surface area contributed by atoms with E-state index in [1.165, 1.54) is 19.2 Å². The molecule has 0 saturated carbocycles. The van der Waals surface area contributed by atoms with Crippen LogP contribution in [0.25, 0.3) is 11.0 Å². The second-order valence-corrected chi connectivity index (χ2v) is 8.53. The van der Waals surface area contributed by atoms with Crippen molar-refractivity contribution in [3.8, 4) is 5.88 Å². The Kier molecular flexibility index (Phi) is 6.16. The van der Waals surface area contributed by atoms with Crippen LogP contribution in [0.5, 0.6) is 5.88 Å². The van der Waals surface area contributed by atoms with Gasteiger partial charge in [0.15, 0.2) is 5.65 Å². The number of benzene rings is 1. The van der Waals surface area contributed by atoms with E-state index in [0.29, 0.717) is 33.0 Å². The van der Waals surface area contributed by atoms with Gasteiger partial charge < -0.3 is 15.2 Å². The van der Waals surface area contributed by atoms with Crippen molar-refractivity contribution in [1.82, 2.24) is 15.0 Å². The second-order valence-electron chi connectivity index (χ2n) is 7.68. The SMILES string of the molecule is COc1nc2nc(C)nc(NC(C)c3cccc(C(F)(F)C(C)(C)O)c3F)c2cc1Br. The van der Waals surface area contributed by atoms with Crippen LogP contribution in [-0.2, 0) is 5.92 Å². The van der Waals surface area contributed by atoms with E-state index in [2.05, 4.69) is 36.2 Å². The van der Waals surface area contributed by atoms with Gasteiger partial charge in [0.2, 0.25) is 5.88 Å². The number of aryl methyl sites for hydroxylation is 1. The first kappa shape index (κ1) is 23.2. The van der Waals surface area contributed by atoms with Gasteiger partial charge in [-0.15, -0.1) is 0 Å². The lowest BCUT2D eigenvalue weighted by Gasteiger charge is -2.30. The van der Waals surface area contributed by atoms with Gasteiger partial charge >= 0.3 is 5.92 Å². The summed E-state index contributed by atoms with van der Waals surface area (Å²) in [5.41, 5.74) is -2.93. The lowest BCUT2D eigenvalue weighted by atomic mass is 9.91. The first-order valence-electron chi connectivity index (χ1n) is 9.41. The molecule has 3 aromatic rings. The number of nitrogens with zero attached hydrogens (tertiary/aromatic N) is 3. The molecule has 0 fully saturated rings. The van der Waals surface area contributed by atoms with Crippen LogP contribution in [0.15, 0.2) is 28.7 Å². The number of methoxy groups -OCH3 is 1. The molecule has 166 valence electrons. The minimum Gasteiger partial charge on any atom is -0.480 e. The summed E-state index contributed by atoms with van der Waals surface area (Å²) in [5.74, 6) is -3.74. The third-order valence-electron chi connectivity index (χ3n) is 4.87. The molecule has 0 radical (unpaired) electrons. The largest absolute Gasteiger partial charge is 0.480 e. The van der Waals surface area contributed by atoms with Crippen molar-refractivity contribution >= 4 is 32.8 Å². The van der Waals surface area contributed by atoms with E-state index in [1.807, 2.05) is 0 Å². The number of halogens is 4. The summed E-state index contributed by atoms with van der Waals surface area (Å²) in [5, 5.41) is 13.4. The maximum Gasteiger partial charge on any atom is 0.303 e. The summed E-state index contributed by atoms with van der Waals surface area (Å²) < 4.78 is 50.1. The predicted molar refractivity (Wildman–Crippen MR) is 115 cm³/mol. The molecule has 3 rings (SSSR count). The highest BCUT2D eigenvalue weighted by Crippen LogP contribution is 2.41. The molecular weight excluding hydrogens is 477 g/mol. The van der Waals surface area contributed by atoms with Crippen molar-refractivity contribution in [3.63, 3.8) is 0 Å². The smallest absolute Gasteiger partial charge is 0.303 e. The van der Waals surface area contributed by atoms with E-state index in [0.717, 1.165) is 19.9 Å². The van der Waals surface area contributed by atoms with Gasteiger partial charge in [-0.25, -0.2) is 14.4 Å². The average Bonchev–Trinajstić information content (AvgIpc) is 2.67. The first-order chi connectivity index (χ1) is 14.4. The quantitative estimate of drug-likeness (QED) is 0.481. The number of pyridine rings is 1. The number of alkyl halides is 2. The summed E-state index contributed by atoms with van der Waals surface area (Å²) in [6.45, 7) is 5.18. The van der Waals surface area contributed by atoms with Crippen LogP contribution < -0.4 is 10.1 Å². The molecule has 1 atom stereocenters. The minimum absolute atomic E-state index is 0.00590. The van der Waals surface area contributed by atoms with Crippen LogP contribution in [0, 0.1) is 12.7 Å². The highest BCUT2D eigenvalue weighted by atomic mass is 79.9. The fraction of sp³-hybridized carbons (Fsp3) is 0.381. The fourth-order valence-electron chi connectivity index (χ4n) is 3.11. The van der Waals surface area contributed by atoms with Gasteiger partial charge in [-0.1, -0.05) is 12.1 Å². The van der Waals surface area contributed by atoms with Crippen LogP contribution in [0.2, 0.25) is 0 Å². The molecule has 1 unspecified atom stereocenters. The Morgan fingerprint density at radius 2 is 1.87 bits per heavy atom. The normalized spacial score (nSPS) is 13.4. The Morgan fingerprint density at radius 1 is 1.19 bits per heavy atom. The van der Waals surface area contributed by atoms with Gasteiger partial charge in [0, 0.05) is 5.56 Å². The van der Waals surface area contributed by atoms with E-state index >= 15 is 4.39 Å². The number of rotatable bonds is 6. The zero-order chi connectivity index (χ0) is 23.1. The van der Waals surface area contributed by atoms with Crippen molar-refractivity contribution in [3.05, 3.63) is 51.5 Å². The maximum absolute atomic E-state index is 15.1. The molecular formula is C21H22BrF3N4O2. The van der Waals surface area contributed by atoms with E-state index < -0.39 is 28.9 Å². The van der Waals surface area contributed by atoms with Gasteiger partial charge in [0.05, 0.1) is 28.6 Å². The maximum atomic E-state index is 15.1. The molecule has 10 heteroatoms. The summed E-state index contributed by atoms with van der Waals surface area (Å²) in [4.78, 5) is 13.0. The van der Waals surface area contributed by atoms with Crippen LogP contribution in [0.4, 0.5) is 19.0 Å². The number of aliphatic hydroxyl groups is 1. The van der Waals surface area contributed by atoms with E-state index in [4.69, 9.17) is 4.74 Å². The summed E-state index contributed by atoms with van der Waals surface area (Å²) >= 11 is 3.37. The molecule has 31 heavy (non-hydrogen) atoms. The third kappa shape index (κ3) is 4.31. The number of hydrogen-bond donors (Lipinski definition) is 2. The Balaban J connectivity index is 2.05. The highest BCUT2D eigenvalue weighted by Gasteiger charge is 2.49. The molecule has 2 aromatic heterocycles. The van der Waals surface area contributed by atoms with Crippen molar-refractivity contribution in [2.75, 3.05) is 12.4 Å². The predicted octanol–water partition coefficient (Wildman–Crippen LogP) is 5.28. The first-order valence-corrected chi connectivity index (χ1v) is 10.2. The summed E-state index contributed by atoms with van der Waals surface area (Å²) in [6.07, 6.45) is 0. The molecule has 0 aliphatic carbocycles. The van der Waals surface area contributed by atoms with Gasteiger partial charge in [-0.2, -0.15) is 13.8 Å². The molecule has 0 saturated heterocycles. The third-order valence-corrected chi connectivity index (χ3v) is 5.44. The zero-order valence-corrected chi connectivity index (χ0v) is 19.2. The molecule has 0 aliphatic rings. The molecule has 0 aliphatic heterocycles. The lowest BCUT2D eigenvalue weighted by Crippen LogP contribution is -2.41. The van der Waals surface area contributed by atoms with Crippen molar-refractivity contribution in [2.45, 2.75) is 45.3 Å². The van der Waals surface area contributed by atoms with Gasteiger partial charge in [-0.05, 0) is 55.8 Å².